The van der Waals surface area contributed by atoms with Crippen molar-refractivity contribution in [2.75, 3.05) is 7.11 Å². The molecule has 0 heterocycles. The standard InChI is InChI=1S/C13H24O2S/c1-6-7-8-9-10-13(4,15-5)16-12(14)11(2)3/h2,6-10H2,1,3-5H3. The van der Waals surface area contributed by atoms with Crippen LogP contribution in [0.3, 0.4) is 0 Å². The van der Waals surface area contributed by atoms with Crippen LogP contribution in [0.1, 0.15) is 52.9 Å². The second-order valence-corrected chi connectivity index (χ2v) is 5.76. The van der Waals surface area contributed by atoms with Gasteiger partial charge in [0.25, 0.3) is 0 Å². The van der Waals surface area contributed by atoms with E-state index in [0.717, 1.165) is 12.8 Å². The first kappa shape index (κ1) is 15.7. The summed E-state index contributed by atoms with van der Waals surface area (Å²) in [6.45, 7) is 9.56. The van der Waals surface area contributed by atoms with Gasteiger partial charge in [-0.3, -0.25) is 4.79 Å². The van der Waals surface area contributed by atoms with Gasteiger partial charge in [0.1, 0.15) is 4.93 Å². The minimum absolute atomic E-state index is 0.0276. The average Bonchev–Trinajstić information content (AvgIpc) is 2.24. The Bertz CT molecular complexity index is 238. The normalized spacial score (nSPS) is 14.5. The van der Waals surface area contributed by atoms with Gasteiger partial charge in [-0.1, -0.05) is 32.8 Å². The van der Waals surface area contributed by atoms with Gasteiger partial charge in [0.05, 0.1) is 0 Å². The Morgan fingerprint density at radius 3 is 2.44 bits per heavy atom. The number of hydrogen-bond acceptors (Lipinski definition) is 3. The van der Waals surface area contributed by atoms with Crippen molar-refractivity contribution in [2.24, 2.45) is 0 Å². The SMILES string of the molecule is C=C(C)C(=O)SC(C)(CCCCCC)OC. The number of unbranched alkanes of at least 4 members (excludes halogenated alkanes) is 3. The Morgan fingerprint density at radius 2 is 2.00 bits per heavy atom. The van der Waals surface area contributed by atoms with E-state index in [1.807, 2.05) is 6.92 Å². The summed E-state index contributed by atoms with van der Waals surface area (Å²) < 4.78 is 5.44. The number of ether oxygens (including phenoxy) is 1. The molecule has 0 aliphatic rings. The number of thioether (sulfide) groups is 1. The minimum atomic E-state index is -0.399. The summed E-state index contributed by atoms with van der Waals surface area (Å²) in [5.41, 5.74) is 0.585. The molecule has 3 heteroatoms. The molecule has 16 heavy (non-hydrogen) atoms. The molecule has 0 spiro atoms. The third kappa shape index (κ3) is 6.33. The highest BCUT2D eigenvalue weighted by Crippen LogP contribution is 2.33. The highest BCUT2D eigenvalue weighted by molar-refractivity contribution is 8.15. The van der Waals surface area contributed by atoms with Gasteiger partial charge in [0.15, 0.2) is 0 Å². The summed E-state index contributed by atoms with van der Waals surface area (Å²) in [5.74, 6) is 0. The lowest BCUT2D eigenvalue weighted by atomic mass is 10.1. The zero-order chi connectivity index (χ0) is 12.6. The second-order valence-electron chi connectivity index (χ2n) is 4.32. The molecule has 1 atom stereocenters. The molecule has 0 N–H and O–H groups in total. The summed E-state index contributed by atoms with van der Waals surface area (Å²) in [4.78, 5) is 11.2. The number of hydrogen-bond donors (Lipinski definition) is 0. The molecule has 94 valence electrons. The molecule has 2 nitrogen and oxygen atoms in total. The molecule has 0 saturated carbocycles. The van der Waals surface area contributed by atoms with E-state index in [4.69, 9.17) is 4.74 Å². The van der Waals surface area contributed by atoms with Crippen molar-refractivity contribution in [1.29, 1.82) is 0 Å². The molecule has 0 fully saturated rings. The molecule has 0 radical (unpaired) electrons. The zero-order valence-corrected chi connectivity index (χ0v) is 11.8. The van der Waals surface area contributed by atoms with E-state index in [9.17, 15) is 4.79 Å². The number of carbonyl (C=O) groups excluding carboxylic acids is 1. The van der Waals surface area contributed by atoms with Crippen molar-refractivity contribution in [1.82, 2.24) is 0 Å². The van der Waals surface area contributed by atoms with Crippen LogP contribution in [0, 0.1) is 0 Å². The number of rotatable bonds is 8. The lowest BCUT2D eigenvalue weighted by Gasteiger charge is -2.26. The van der Waals surface area contributed by atoms with Gasteiger partial charge in [0, 0.05) is 7.11 Å². The van der Waals surface area contributed by atoms with Crippen LogP contribution in [0.5, 0.6) is 0 Å². The number of carbonyl (C=O) groups is 1. The molecular weight excluding hydrogens is 220 g/mol. The molecule has 0 rings (SSSR count). The van der Waals surface area contributed by atoms with Crippen molar-refractivity contribution in [3.8, 4) is 0 Å². The monoisotopic (exact) mass is 244 g/mol. The van der Waals surface area contributed by atoms with Gasteiger partial charge in [-0.15, -0.1) is 0 Å². The van der Waals surface area contributed by atoms with E-state index in [2.05, 4.69) is 13.5 Å². The van der Waals surface area contributed by atoms with Crippen molar-refractivity contribution >= 4 is 16.9 Å². The van der Waals surface area contributed by atoms with E-state index in [-0.39, 0.29) is 5.12 Å². The van der Waals surface area contributed by atoms with Crippen LogP contribution < -0.4 is 0 Å². The maximum atomic E-state index is 11.6. The maximum Gasteiger partial charge on any atom is 0.217 e. The summed E-state index contributed by atoms with van der Waals surface area (Å²) >= 11 is 1.25. The third-order valence-corrected chi connectivity index (χ3v) is 3.91. The van der Waals surface area contributed by atoms with Crippen LogP contribution in [0.4, 0.5) is 0 Å². The Kier molecular flexibility index (Phi) is 7.77. The molecule has 1 unspecified atom stereocenters. The highest BCUT2D eigenvalue weighted by atomic mass is 32.2. The molecule has 0 aromatic rings. The molecule has 0 aromatic heterocycles. The molecule has 0 bridgehead atoms. The fraction of sp³-hybridized carbons (Fsp3) is 0.769. The van der Waals surface area contributed by atoms with E-state index in [0.29, 0.717) is 5.57 Å². The summed E-state index contributed by atoms with van der Waals surface area (Å²) in [6, 6.07) is 0. The topological polar surface area (TPSA) is 26.3 Å². The fourth-order valence-electron chi connectivity index (χ4n) is 1.35. The molecular formula is C13H24O2S. The maximum absolute atomic E-state index is 11.6. The highest BCUT2D eigenvalue weighted by Gasteiger charge is 2.27. The average molecular weight is 244 g/mol. The van der Waals surface area contributed by atoms with E-state index < -0.39 is 4.93 Å². The molecule has 0 saturated heterocycles. The van der Waals surface area contributed by atoms with Crippen LogP contribution in [0.25, 0.3) is 0 Å². The Hall–Kier alpha value is -0.280. The second kappa shape index (κ2) is 7.91. The molecule has 0 aromatic carbocycles. The van der Waals surface area contributed by atoms with Crippen molar-refractivity contribution in [3.05, 3.63) is 12.2 Å². The first-order chi connectivity index (χ1) is 7.45. The Morgan fingerprint density at radius 1 is 1.38 bits per heavy atom. The van der Waals surface area contributed by atoms with Crippen LogP contribution in [-0.2, 0) is 9.53 Å². The predicted molar refractivity (Wildman–Crippen MR) is 71.6 cm³/mol. The van der Waals surface area contributed by atoms with Crippen LogP contribution >= 0.6 is 11.8 Å². The fourth-order valence-corrected chi connectivity index (χ4v) is 2.25. The Balaban J connectivity index is 4.09. The Labute approximate surface area is 104 Å². The van der Waals surface area contributed by atoms with E-state index >= 15 is 0 Å². The van der Waals surface area contributed by atoms with Crippen LogP contribution in [-0.4, -0.2) is 17.2 Å². The smallest absolute Gasteiger partial charge is 0.217 e. The minimum Gasteiger partial charge on any atom is -0.367 e. The quantitative estimate of drug-likeness (QED) is 0.364. The zero-order valence-electron chi connectivity index (χ0n) is 11.0. The van der Waals surface area contributed by atoms with Gasteiger partial charge in [0.2, 0.25) is 5.12 Å². The van der Waals surface area contributed by atoms with Crippen LogP contribution in [0.2, 0.25) is 0 Å². The summed E-state index contributed by atoms with van der Waals surface area (Å²) in [6.07, 6.45) is 5.69. The van der Waals surface area contributed by atoms with Gasteiger partial charge in [-0.25, -0.2) is 0 Å². The number of methoxy groups -OCH3 is 1. The predicted octanol–water partition coefficient (Wildman–Crippen LogP) is 4.16. The van der Waals surface area contributed by atoms with Gasteiger partial charge >= 0.3 is 0 Å². The first-order valence-corrected chi connectivity index (χ1v) is 6.71. The first-order valence-electron chi connectivity index (χ1n) is 5.89. The summed E-state index contributed by atoms with van der Waals surface area (Å²) in [5, 5.41) is 0.0276. The third-order valence-electron chi connectivity index (χ3n) is 2.57. The van der Waals surface area contributed by atoms with E-state index in [1.165, 1.54) is 31.0 Å². The van der Waals surface area contributed by atoms with Gasteiger partial charge < -0.3 is 4.74 Å². The lowest BCUT2D eigenvalue weighted by molar-refractivity contribution is -0.108. The largest absolute Gasteiger partial charge is 0.367 e. The van der Waals surface area contributed by atoms with Crippen molar-refractivity contribution in [2.45, 2.75) is 57.8 Å². The molecule has 0 aliphatic heterocycles. The lowest BCUT2D eigenvalue weighted by Crippen LogP contribution is -2.25. The van der Waals surface area contributed by atoms with Gasteiger partial charge in [-0.2, -0.15) is 0 Å². The molecule has 0 amide bonds. The molecule has 0 aliphatic carbocycles. The van der Waals surface area contributed by atoms with Crippen molar-refractivity contribution < 1.29 is 9.53 Å². The van der Waals surface area contributed by atoms with Crippen molar-refractivity contribution in [3.63, 3.8) is 0 Å². The van der Waals surface area contributed by atoms with E-state index in [1.54, 1.807) is 14.0 Å². The summed E-state index contributed by atoms with van der Waals surface area (Å²) in [7, 11) is 1.67. The van der Waals surface area contributed by atoms with Crippen LogP contribution in [0.15, 0.2) is 12.2 Å². The van der Waals surface area contributed by atoms with Gasteiger partial charge in [-0.05, 0) is 44.0 Å².